The van der Waals surface area contributed by atoms with Crippen LogP contribution in [0.2, 0.25) is 0 Å². The lowest BCUT2D eigenvalue weighted by atomic mass is 10.3. The number of nitro groups is 1. The van der Waals surface area contributed by atoms with Gasteiger partial charge in [0.15, 0.2) is 4.80 Å². The molecule has 1 amide bonds. The minimum atomic E-state index is -0.420. The molecule has 2 aromatic heterocycles. The number of carbonyl (C=O) groups is 1. The molecule has 0 saturated carbocycles. The number of thiophene rings is 1. The highest BCUT2D eigenvalue weighted by Gasteiger charge is 2.13. The number of amides is 1. The first-order valence-corrected chi connectivity index (χ1v) is 8.70. The lowest BCUT2D eigenvalue weighted by Crippen LogP contribution is -2.16. The molecule has 0 aliphatic carbocycles. The van der Waals surface area contributed by atoms with Gasteiger partial charge in [-0.15, -0.1) is 11.3 Å². The summed E-state index contributed by atoms with van der Waals surface area (Å²) in [7, 11) is 0. The van der Waals surface area contributed by atoms with Gasteiger partial charge >= 0.3 is 0 Å². The summed E-state index contributed by atoms with van der Waals surface area (Å²) < 4.78 is 2.69. The van der Waals surface area contributed by atoms with Crippen LogP contribution in [0.4, 0.5) is 5.69 Å². The third-order valence-electron chi connectivity index (χ3n) is 3.25. The van der Waals surface area contributed by atoms with E-state index in [1.165, 1.54) is 34.8 Å². The summed E-state index contributed by atoms with van der Waals surface area (Å²) in [6.07, 6.45) is 0.878. The van der Waals surface area contributed by atoms with Crippen molar-refractivity contribution in [1.29, 1.82) is 0 Å². The zero-order chi connectivity index (χ0) is 16.4. The van der Waals surface area contributed by atoms with E-state index < -0.39 is 4.92 Å². The van der Waals surface area contributed by atoms with Crippen molar-refractivity contribution in [3.05, 3.63) is 55.5 Å². The van der Waals surface area contributed by atoms with Crippen LogP contribution in [0.1, 0.15) is 23.0 Å². The maximum absolute atomic E-state index is 12.2. The molecular weight excluding hydrogens is 334 g/mol. The predicted molar refractivity (Wildman–Crippen MR) is 91.0 cm³/mol. The molecule has 0 aliphatic rings. The van der Waals surface area contributed by atoms with Gasteiger partial charge in [0.25, 0.3) is 11.6 Å². The molecule has 8 heteroatoms. The monoisotopic (exact) mass is 347 g/mol. The van der Waals surface area contributed by atoms with E-state index in [1.807, 2.05) is 22.9 Å². The first-order valence-electron chi connectivity index (χ1n) is 7.00. The van der Waals surface area contributed by atoms with E-state index in [0.717, 1.165) is 16.6 Å². The van der Waals surface area contributed by atoms with Gasteiger partial charge in [-0.2, -0.15) is 4.99 Å². The molecule has 0 spiro atoms. The topological polar surface area (TPSA) is 77.5 Å². The standard InChI is InChI=1S/C15H13N3O3S2/c1-2-7-17-11-6-5-10(18(20)21)9-13(11)23-15(17)16-14(19)12-4-3-8-22-12/h3-6,8-9H,2,7H2,1H3. The van der Waals surface area contributed by atoms with Gasteiger partial charge in [-0.25, -0.2) is 0 Å². The van der Waals surface area contributed by atoms with Gasteiger partial charge in [0.1, 0.15) is 0 Å². The molecule has 1 aromatic carbocycles. The number of fused-ring (bicyclic) bond motifs is 1. The smallest absolute Gasteiger partial charge is 0.289 e. The quantitative estimate of drug-likeness (QED) is 0.531. The Labute approximate surface area is 139 Å². The Balaban J connectivity index is 2.17. The van der Waals surface area contributed by atoms with E-state index in [-0.39, 0.29) is 11.6 Å². The Bertz CT molecular complexity index is 939. The highest BCUT2D eigenvalue weighted by molar-refractivity contribution is 7.16. The van der Waals surface area contributed by atoms with Crippen LogP contribution < -0.4 is 4.80 Å². The molecule has 0 saturated heterocycles. The average molecular weight is 347 g/mol. The number of aromatic nitrogens is 1. The molecule has 0 fully saturated rings. The molecule has 2 heterocycles. The number of thiazole rings is 1. The van der Waals surface area contributed by atoms with Crippen molar-refractivity contribution in [2.24, 2.45) is 4.99 Å². The van der Waals surface area contributed by atoms with Crippen LogP contribution >= 0.6 is 22.7 Å². The molecule has 0 aliphatic heterocycles. The summed E-state index contributed by atoms with van der Waals surface area (Å²) in [5.41, 5.74) is 0.902. The number of carbonyl (C=O) groups excluding carboxylic acids is 1. The average Bonchev–Trinajstić information content (AvgIpc) is 3.16. The van der Waals surface area contributed by atoms with E-state index in [1.54, 1.807) is 12.1 Å². The van der Waals surface area contributed by atoms with Gasteiger partial charge in [0.2, 0.25) is 0 Å². The molecule has 0 bridgehead atoms. The van der Waals surface area contributed by atoms with E-state index >= 15 is 0 Å². The highest BCUT2D eigenvalue weighted by atomic mass is 32.1. The van der Waals surface area contributed by atoms with Crippen LogP contribution in [-0.2, 0) is 6.54 Å². The first-order chi connectivity index (χ1) is 11.1. The van der Waals surface area contributed by atoms with Gasteiger partial charge in [-0.05, 0) is 23.9 Å². The van der Waals surface area contributed by atoms with Crippen molar-refractivity contribution >= 4 is 44.5 Å². The number of benzene rings is 1. The van der Waals surface area contributed by atoms with Gasteiger partial charge in [-0.3, -0.25) is 14.9 Å². The molecule has 0 N–H and O–H groups in total. The zero-order valence-corrected chi connectivity index (χ0v) is 13.9. The molecule has 3 rings (SSSR count). The lowest BCUT2D eigenvalue weighted by Gasteiger charge is -2.02. The van der Waals surface area contributed by atoms with Crippen molar-refractivity contribution in [3.8, 4) is 0 Å². The second kappa shape index (κ2) is 6.43. The number of non-ortho nitro benzene ring substituents is 1. The number of rotatable bonds is 4. The van der Waals surface area contributed by atoms with Crippen molar-refractivity contribution in [2.45, 2.75) is 19.9 Å². The van der Waals surface area contributed by atoms with Crippen LogP contribution in [0.3, 0.4) is 0 Å². The molecule has 23 heavy (non-hydrogen) atoms. The van der Waals surface area contributed by atoms with Crippen LogP contribution in [0.5, 0.6) is 0 Å². The Morgan fingerprint density at radius 2 is 2.22 bits per heavy atom. The zero-order valence-electron chi connectivity index (χ0n) is 12.3. The van der Waals surface area contributed by atoms with Gasteiger partial charge in [-0.1, -0.05) is 24.3 Å². The van der Waals surface area contributed by atoms with E-state index in [0.29, 0.717) is 16.2 Å². The predicted octanol–water partition coefficient (Wildman–Crippen LogP) is 3.82. The van der Waals surface area contributed by atoms with Gasteiger partial charge in [0.05, 0.1) is 20.0 Å². The Kier molecular flexibility index (Phi) is 4.35. The number of hydrogen-bond acceptors (Lipinski definition) is 5. The Morgan fingerprint density at radius 3 is 2.87 bits per heavy atom. The van der Waals surface area contributed by atoms with E-state index in [9.17, 15) is 14.9 Å². The summed E-state index contributed by atoms with van der Waals surface area (Å²) in [4.78, 5) is 28.1. The second-order valence-corrected chi connectivity index (χ2v) is 6.80. The SMILES string of the molecule is CCCn1c(=NC(=O)c2cccs2)sc2cc([N+](=O)[O-])ccc21. The van der Waals surface area contributed by atoms with Crippen LogP contribution in [0.15, 0.2) is 40.7 Å². The fourth-order valence-electron chi connectivity index (χ4n) is 2.24. The largest absolute Gasteiger partial charge is 0.316 e. The van der Waals surface area contributed by atoms with Crippen LogP contribution in [0, 0.1) is 10.1 Å². The van der Waals surface area contributed by atoms with Gasteiger partial charge in [0, 0.05) is 18.7 Å². The minimum Gasteiger partial charge on any atom is -0.316 e. The first kappa shape index (κ1) is 15.6. The van der Waals surface area contributed by atoms with Crippen molar-refractivity contribution < 1.29 is 9.72 Å². The molecule has 6 nitrogen and oxygen atoms in total. The number of aryl methyl sites for hydroxylation is 1. The third-order valence-corrected chi connectivity index (χ3v) is 5.15. The summed E-state index contributed by atoms with van der Waals surface area (Å²) >= 11 is 2.64. The fourth-order valence-corrected chi connectivity index (χ4v) is 3.94. The Hall–Kier alpha value is -2.32. The number of nitrogens with zero attached hydrogens (tertiary/aromatic N) is 3. The molecule has 3 aromatic rings. The fraction of sp³-hybridized carbons (Fsp3) is 0.200. The Morgan fingerprint density at radius 1 is 1.39 bits per heavy atom. The van der Waals surface area contributed by atoms with Gasteiger partial charge < -0.3 is 4.57 Å². The normalized spacial score (nSPS) is 12.0. The molecule has 0 radical (unpaired) electrons. The van der Waals surface area contributed by atoms with Crippen molar-refractivity contribution in [1.82, 2.24) is 4.57 Å². The number of nitro benzene ring substituents is 1. The minimum absolute atomic E-state index is 0.0403. The summed E-state index contributed by atoms with van der Waals surface area (Å²) in [6, 6.07) is 8.27. The summed E-state index contributed by atoms with van der Waals surface area (Å²) in [5, 5.41) is 12.8. The maximum Gasteiger partial charge on any atom is 0.289 e. The molecule has 0 unspecified atom stereocenters. The summed E-state index contributed by atoms with van der Waals surface area (Å²) in [6.45, 7) is 2.74. The van der Waals surface area contributed by atoms with Crippen molar-refractivity contribution in [2.75, 3.05) is 0 Å². The third kappa shape index (κ3) is 3.08. The highest BCUT2D eigenvalue weighted by Crippen LogP contribution is 2.23. The van der Waals surface area contributed by atoms with Crippen molar-refractivity contribution in [3.63, 3.8) is 0 Å². The van der Waals surface area contributed by atoms with Crippen LogP contribution in [-0.4, -0.2) is 15.4 Å². The second-order valence-electron chi connectivity index (χ2n) is 4.84. The van der Waals surface area contributed by atoms with Crippen LogP contribution in [0.25, 0.3) is 10.2 Å². The number of hydrogen-bond donors (Lipinski definition) is 0. The molecule has 0 atom stereocenters. The lowest BCUT2D eigenvalue weighted by molar-refractivity contribution is -0.384. The maximum atomic E-state index is 12.2. The summed E-state index contributed by atoms with van der Waals surface area (Å²) in [5.74, 6) is -0.286. The molecular formula is C15H13N3O3S2. The van der Waals surface area contributed by atoms with E-state index in [4.69, 9.17) is 0 Å². The molecule has 118 valence electrons. The van der Waals surface area contributed by atoms with E-state index in [2.05, 4.69) is 4.99 Å².